The van der Waals surface area contributed by atoms with E-state index in [1.807, 2.05) is 30.3 Å². The number of benzene rings is 2. The average molecular weight is 310 g/mol. The van der Waals surface area contributed by atoms with Crippen molar-refractivity contribution in [2.24, 2.45) is 0 Å². The molecule has 1 saturated heterocycles. The number of ether oxygens (including phenoxy) is 1. The van der Waals surface area contributed by atoms with Crippen LogP contribution in [-0.4, -0.2) is 31.1 Å². The molecule has 1 aliphatic rings. The predicted octanol–water partition coefficient (Wildman–Crippen LogP) is 3.14. The minimum atomic E-state index is -0.305. The van der Waals surface area contributed by atoms with Crippen LogP contribution in [0.3, 0.4) is 0 Å². The van der Waals surface area contributed by atoms with Crippen LogP contribution in [0.15, 0.2) is 54.6 Å². The average Bonchev–Trinajstić information content (AvgIpc) is 2.53. The van der Waals surface area contributed by atoms with Gasteiger partial charge in [-0.2, -0.15) is 0 Å². The summed E-state index contributed by atoms with van der Waals surface area (Å²) in [6.45, 7) is 2.98. The molecular weight excluding hydrogens is 288 g/mol. The van der Waals surface area contributed by atoms with Crippen LogP contribution in [0.5, 0.6) is 0 Å². The maximum atomic E-state index is 12.0. The third-order valence-electron chi connectivity index (χ3n) is 4.17. The molecule has 0 saturated carbocycles. The quantitative estimate of drug-likeness (QED) is 0.922. The SMILES string of the molecule is CN(Cc1ccc(C2CNC2)cc1)C(=O)OCc1ccccc1. The zero-order chi connectivity index (χ0) is 16.1. The fraction of sp³-hybridized carbons (Fsp3) is 0.316. The van der Waals surface area contributed by atoms with Gasteiger partial charge in [-0.05, 0) is 16.7 Å². The van der Waals surface area contributed by atoms with Gasteiger partial charge in [0, 0.05) is 32.6 Å². The highest BCUT2D eigenvalue weighted by Gasteiger charge is 2.18. The first-order valence-electron chi connectivity index (χ1n) is 7.94. The van der Waals surface area contributed by atoms with Gasteiger partial charge in [0.1, 0.15) is 6.61 Å². The van der Waals surface area contributed by atoms with E-state index < -0.39 is 0 Å². The van der Waals surface area contributed by atoms with Crippen LogP contribution in [0.4, 0.5) is 4.79 Å². The Kier molecular flexibility index (Phi) is 4.93. The third-order valence-corrected chi connectivity index (χ3v) is 4.17. The number of hydrogen-bond acceptors (Lipinski definition) is 3. The second-order valence-corrected chi connectivity index (χ2v) is 5.99. The molecule has 0 aromatic heterocycles. The molecule has 1 N–H and O–H groups in total. The Morgan fingerprint density at radius 2 is 1.78 bits per heavy atom. The molecule has 1 aliphatic heterocycles. The van der Waals surface area contributed by atoms with Crippen molar-refractivity contribution >= 4 is 6.09 Å². The third kappa shape index (κ3) is 4.11. The topological polar surface area (TPSA) is 41.6 Å². The van der Waals surface area contributed by atoms with E-state index in [1.165, 1.54) is 5.56 Å². The standard InChI is InChI=1S/C19H22N2O2/c1-21(19(22)23-14-16-5-3-2-4-6-16)13-15-7-9-17(10-8-15)18-11-20-12-18/h2-10,18,20H,11-14H2,1H3. The predicted molar refractivity (Wildman–Crippen MR) is 90.1 cm³/mol. The molecule has 120 valence electrons. The summed E-state index contributed by atoms with van der Waals surface area (Å²) >= 11 is 0. The van der Waals surface area contributed by atoms with E-state index in [1.54, 1.807) is 11.9 Å². The summed E-state index contributed by atoms with van der Waals surface area (Å²) in [5, 5.41) is 3.28. The van der Waals surface area contributed by atoms with Crippen molar-refractivity contribution in [2.45, 2.75) is 19.1 Å². The summed E-state index contributed by atoms with van der Waals surface area (Å²) in [6.07, 6.45) is -0.305. The molecule has 0 atom stereocenters. The summed E-state index contributed by atoms with van der Waals surface area (Å²) in [7, 11) is 1.76. The summed E-state index contributed by atoms with van der Waals surface area (Å²) in [6, 6.07) is 18.2. The van der Waals surface area contributed by atoms with Gasteiger partial charge in [-0.3, -0.25) is 0 Å². The van der Waals surface area contributed by atoms with E-state index >= 15 is 0 Å². The van der Waals surface area contributed by atoms with Gasteiger partial charge in [0.25, 0.3) is 0 Å². The molecule has 2 aromatic carbocycles. The maximum Gasteiger partial charge on any atom is 0.410 e. The second-order valence-electron chi connectivity index (χ2n) is 5.99. The lowest BCUT2D eigenvalue weighted by Gasteiger charge is -2.27. The molecule has 0 spiro atoms. The molecule has 1 heterocycles. The second kappa shape index (κ2) is 7.29. The molecule has 2 aromatic rings. The number of carbonyl (C=O) groups excluding carboxylic acids is 1. The van der Waals surface area contributed by atoms with Gasteiger partial charge in [0.05, 0.1) is 0 Å². The number of carbonyl (C=O) groups is 1. The first-order valence-corrected chi connectivity index (χ1v) is 7.94. The molecule has 0 bridgehead atoms. The summed E-state index contributed by atoms with van der Waals surface area (Å²) in [5.74, 6) is 0.637. The molecular formula is C19H22N2O2. The monoisotopic (exact) mass is 310 g/mol. The largest absolute Gasteiger partial charge is 0.445 e. The fourth-order valence-corrected chi connectivity index (χ4v) is 2.59. The Balaban J connectivity index is 1.49. The van der Waals surface area contributed by atoms with E-state index in [0.717, 1.165) is 24.2 Å². The highest BCUT2D eigenvalue weighted by Crippen LogP contribution is 2.20. The maximum absolute atomic E-state index is 12.0. The Morgan fingerprint density at radius 1 is 1.09 bits per heavy atom. The van der Waals surface area contributed by atoms with Crippen LogP contribution in [0.2, 0.25) is 0 Å². The van der Waals surface area contributed by atoms with Crippen LogP contribution in [0, 0.1) is 0 Å². The van der Waals surface area contributed by atoms with Gasteiger partial charge < -0.3 is 15.0 Å². The van der Waals surface area contributed by atoms with Crippen LogP contribution in [-0.2, 0) is 17.9 Å². The lowest BCUT2D eigenvalue weighted by atomic mass is 9.93. The van der Waals surface area contributed by atoms with E-state index in [2.05, 4.69) is 29.6 Å². The van der Waals surface area contributed by atoms with Crippen molar-refractivity contribution < 1.29 is 9.53 Å². The molecule has 1 fully saturated rings. The lowest BCUT2D eigenvalue weighted by molar-refractivity contribution is 0.103. The van der Waals surface area contributed by atoms with Crippen molar-refractivity contribution in [3.63, 3.8) is 0 Å². The lowest BCUT2D eigenvalue weighted by Crippen LogP contribution is -2.39. The number of hydrogen-bond donors (Lipinski definition) is 1. The summed E-state index contributed by atoms with van der Waals surface area (Å²) < 4.78 is 5.33. The zero-order valence-corrected chi connectivity index (χ0v) is 13.4. The van der Waals surface area contributed by atoms with E-state index in [9.17, 15) is 4.79 Å². The number of nitrogens with one attached hydrogen (secondary N) is 1. The van der Waals surface area contributed by atoms with Crippen LogP contribution in [0.1, 0.15) is 22.6 Å². The van der Waals surface area contributed by atoms with Gasteiger partial charge >= 0.3 is 6.09 Å². The zero-order valence-electron chi connectivity index (χ0n) is 13.4. The number of nitrogens with zero attached hydrogens (tertiary/aromatic N) is 1. The normalized spacial score (nSPS) is 14.1. The molecule has 3 rings (SSSR count). The smallest absolute Gasteiger partial charge is 0.410 e. The molecule has 0 unspecified atom stereocenters. The molecule has 4 heteroatoms. The van der Waals surface area contributed by atoms with Crippen molar-refractivity contribution in [1.82, 2.24) is 10.2 Å². The van der Waals surface area contributed by atoms with E-state index in [-0.39, 0.29) is 6.09 Å². The Labute approximate surface area is 137 Å². The van der Waals surface area contributed by atoms with E-state index in [0.29, 0.717) is 19.1 Å². The van der Waals surface area contributed by atoms with E-state index in [4.69, 9.17) is 4.74 Å². The Bertz CT molecular complexity index is 636. The van der Waals surface area contributed by atoms with Gasteiger partial charge in [0.15, 0.2) is 0 Å². The molecule has 0 aliphatic carbocycles. The van der Waals surface area contributed by atoms with Crippen molar-refractivity contribution in [3.05, 3.63) is 71.3 Å². The molecule has 0 radical (unpaired) electrons. The van der Waals surface area contributed by atoms with Crippen LogP contribution >= 0.6 is 0 Å². The van der Waals surface area contributed by atoms with Gasteiger partial charge in [0.2, 0.25) is 0 Å². The first kappa shape index (κ1) is 15.6. The van der Waals surface area contributed by atoms with Gasteiger partial charge in [-0.1, -0.05) is 54.6 Å². The van der Waals surface area contributed by atoms with Gasteiger partial charge in [-0.25, -0.2) is 4.79 Å². The fourth-order valence-electron chi connectivity index (χ4n) is 2.59. The van der Waals surface area contributed by atoms with Crippen LogP contribution < -0.4 is 5.32 Å². The van der Waals surface area contributed by atoms with Crippen molar-refractivity contribution in [3.8, 4) is 0 Å². The Hall–Kier alpha value is -2.33. The summed E-state index contributed by atoms with van der Waals surface area (Å²) in [5.41, 5.74) is 3.47. The van der Waals surface area contributed by atoms with Gasteiger partial charge in [-0.15, -0.1) is 0 Å². The molecule has 23 heavy (non-hydrogen) atoms. The highest BCUT2D eigenvalue weighted by atomic mass is 16.6. The molecule has 4 nitrogen and oxygen atoms in total. The van der Waals surface area contributed by atoms with Crippen molar-refractivity contribution in [1.29, 1.82) is 0 Å². The minimum Gasteiger partial charge on any atom is -0.445 e. The Morgan fingerprint density at radius 3 is 2.39 bits per heavy atom. The molecule has 1 amide bonds. The summed E-state index contributed by atoms with van der Waals surface area (Å²) in [4.78, 5) is 13.6. The number of amides is 1. The first-order chi connectivity index (χ1) is 11.2. The van der Waals surface area contributed by atoms with Crippen molar-refractivity contribution in [2.75, 3.05) is 20.1 Å². The minimum absolute atomic E-state index is 0.303. The number of rotatable bonds is 5. The van der Waals surface area contributed by atoms with Crippen LogP contribution in [0.25, 0.3) is 0 Å². The highest BCUT2D eigenvalue weighted by molar-refractivity contribution is 5.67.